The summed E-state index contributed by atoms with van der Waals surface area (Å²) in [6.45, 7) is 2.65. The first-order valence-electron chi connectivity index (χ1n) is 11.6. The van der Waals surface area contributed by atoms with Crippen LogP contribution in [0.3, 0.4) is 0 Å². The van der Waals surface area contributed by atoms with Gasteiger partial charge in [-0.05, 0) is 32.0 Å². The van der Waals surface area contributed by atoms with Crippen molar-refractivity contribution < 1.29 is 45.0 Å². The van der Waals surface area contributed by atoms with Gasteiger partial charge in [-0.2, -0.15) is 13.2 Å². The van der Waals surface area contributed by atoms with Crippen LogP contribution in [-0.2, 0) is 19.3 Å². The number of hydrogen-bond donors (Lipinski definition) is 1. The van der Waals surface area contributed by atoms with E-state index in [1.165, 1.54) is 23.4 Å². The van der Waals surface area contributed by atoms with Crippen LogP contribution < -0.4 is 10.1 Å². The zero-order valence-electron chi connectivity index (χ0n) is 20.7. The van der Waals surface area contributed by atoms with Crippen molar-refractivity contribution in [2.45, 2.75) is 62.1 Å². The third-order valence-electron chi connectivity index (χ3n) is 6.36. The number of alkyl halides is 3. The highest BCUT2D eigenvalue weighted by Crippen LogP contribution is 2.34. The van der Waals surface area contributed by atoms with E-state index in [0.717, 1.165) is 19.2 Å². The average Bonchev–Trinajstić information content (AvgIpc) is 2.81. The molecular formula is C23H26F4N4O6S. The number of hydrogen-bond acceptors (Lipinski definition) is 9. The molecule has 0 spiro atoms. The molecule has 4 rings (SSSR count). The Hall–Kier alpha value is -3.20. The number of sulfone groups is 1. The summed E-state index contributed by atoms with van der Waals surface area (Å²) in [5.74, 6) is -0.367. The minimum atomic E-state index is -4.67. The number of halogens is 4. The van der Waals surface area contributed by atoms with Gasteiger partial charge in [0.25, 0.3) is 0 Å². The summed E-state index contributed by atoms with van der Waals surface area (Å²) in [6, 6.07) is 2.35. The number of ether oxygens (including phenoxy) is 3. The normalized spacial score (nSPS) is 22.5. The number of nitrogens with zero attached hydrogens (tertiary/aromatic N) is 3. The fourth-order valence-corrected chi connectivity index (χ4v) is 4.96. The zero-order valence-corrected chi connectivity index (χ0v) is 21.5. The molecule has 208 valence electrons. The molecule has 2 bridgehead atoms. The first-order chi connectivity index (χ1) is 17.7. The van der Waals surface area contributed by atoms with Gasteiger partial charge in [0, 0.05) is 19.1 Å². The predicted octanol–water partition coefficient (Wildman–Crippen LogP) is 3.77. The van der Waals surface area contributed by atoms with Crippen molar-refractivity contribution in [1.82, 2.24) is 14.9 Å². The lowest BCUT2D eigenvalue weighted by molar-refractivity contribution is -0.203. The van der Waals surface area contributed by atoms with Crippen molar-refractivity contribution in [3.8, 4) is 5.88 Å². The van der Waals surface area contributed by atoms with Gasteiger partial charge >= 0.3 is 12.3 Å². The maximum Gasteiger partial charge on any atom is 0.425 e. The third kappa shape index (κ3) is 6.09. The molecule has 3 unspecified atom stereocenters. The van der Waals surface area contributed by atoms with Gasteiger partial charge in [0.05, 0.1) is 41.4 Å². The number of benzene rings is 1. The van der Waals surface area contributed by atoms with Crippen LogP contribution >= 0.6 is 0 Å². The molecule has 1 amide bonds. The van der Waals surface area contributed by atoms with E-state index in [1.807, 2.05) is 0 Å². The van der Waals surface area contributed by atoms with E-state index < -0.39 is 52.2 Å². The quantitative estimate of drug-likeness (QED) is 0.525. The molecule has 2 aromatic rings. The summed E-state index contributed by atoms with van der Waals surface area (Å²) in [4.78, 5) is 21.9. The Morgan fingerprint density at radius 3 is 2.45 bits per heavy atom. The fourth-order valence-electron chi connectivity index (χ4n) is 4.33. The topological polar surface area (TPSA) is 120 Å². The van der Waals surface area contributed by atoms with Crippen molar-refractivity contribution in [3.05, 3.63) is 35.9 Å². The van der Waals surface area contributed by atoms with Crippen molar-refractivity contribution >= 4 is 27.4 Å². The highest BCUT2D eigenvalue weighted by Gasteiger charge is 2.46. The molecular weight excluding hydrogens is 536 g/mol. The summed E-state index contributed by atoms with van der Waals surface area (Å²) < 4.78 is 92.7. The number of morpholine rings is 1. The molecule has 2 aliphatic rings. The van der Waals surface area contributed by atoms with Gasteiger partial charge in [-0.1, -0.05) is 0 Å². The molecule has 0 aliphatic carbocycles. The Kier molecular flexibility index (Phi) is 7.70. The first-order valence-corrected chi connectivity index (χ1v) is 13.5. The number of piperidine rings is 1. The Morgan fingerprint density at radius 2 is 1.87 bits per heavy atom. The van der Waals surface area contributed by atoms with Crippen LogP contribution in [0, 0.1) is 12.7 Å². The lowest BCUT2D eigenvalue weighted by atomic mass is 9.92. The number of rotatable bonds is 6. The molecule has 2 saturated heterocycles. The third-order valence-corrected chi connectivity index (χ3v) is 7.47. The fraction of sp³-hybridized carbons (Fsp3) is 0.522. The van der Waals surface area contributed by atoms with Crippen molar-refractivity contribution in [1.29, 1.82) is 0 Å². The van der Waals surface area contributed by atoms with Gasteiger partial charge in [0.1, 0.15) is 24.1 Å². The Morgan fingerprint density at radius 1 is 1.21 bits per heavy atom. The van der Waals surface area contributed by atoms with Gasteiger partial charge in [-0.3, -0.25) is 4.90 Å². The number of nitrogens with one attached hydrogen (secondary N) is 1. The predicted molar refractivity (Wildman–Crippen MR) is 125 cm³/mol. The maximum atomic E-state index is 14.5. The number of anilines is 2. The maximum absolute atomic E-state index is 14.5. The lowest BCUT2D eigenvalue weighted by Crippen LogP contribution is -2.61. The average molecular weight is 563 g/mol. The van der Waals surface area contributed by atoms with Gasteiger partial charge in [-0.15, -0.1) is 0 Å². The van der Waals surface area contributed by atoms with Crippen LogP contribution in [0.2, 0.25) is 0 Å². The van der Waals surface area contributed by atoms with Crippen molar-refractivity contribution in [2.75, 3.05) is 24.8 Å². The molecule has 2 aliphatic heterocycles. The smallest absolute Gasteiger partial charge is 0.425 e. The van der Waals surface area contributed by atoms with E-state index in [2.05, 4.69) is 20.0 Å². The molecule has 3 heterocycles. The largest absolute Gasteiger partial charge is 0.474 e. The van der Waals surface area contributed by atoms with E-state index >= 15 is 0 Å². The van der Waals surface area contributed by atoms with Crippen LogP contribution in [0.4, 0.5) is 33.9 Å². The van der Waals surface area contributed by atoms with E-state index in [1.54, 1.807) is 6.92 Å². The molecule has 15 heteroatoms. The highest BCUT2D eigenvalue weighted by atomic mass is 32.2. The van der Waals surface area contributed by atoms with Crippen LogP contribution in [-0.4, -0.2) is 79.3 Å². The molecule has 0 saturated carbocycles. The Bertz CT molecular complexity index is 1300. The van der Waals surface area contributed by atoms with Crippen LogP contribution in [0.15, 0.2) is 29.4 Å². The number of carbonyl (C=O) groups excluding carboxylic acids is 1. The van der Waals surface area contributed by atoms with E-state index in [4.69, 9.17) is 9.47 Å². The second kappa shape index (κ2) is 10.5. The van der Waals surface area contributed by atoms with Crippen LogP contribution in [0.5, 0.6) is 5.88 Å². The minimum Gasteiger partial charge on any atom is -0.474 e. The summed E-state index contributed by atoms with van der Waals surface area (Å²) in [6.07, 6.45) is -5.69. The number of carbonyl (C=O) groups is 1. The molecule has 2 fully saturated rings. The molecule has 38 heavy (non-hydrogen) atoms. The van der Waals surface area contributed by atoms with E-state index in [0.29, 0.717) is 5.56 Å². The van der Waals surface area contributed by atoms with Gasteiger partial charge in [0.15, 0.2) is 15.9 Å². The summed E-state index contributed by atoms with van der Waals surface area (Å²) >= 11 is 0. The summed E-state index contributed by atoms with van der Waals surface area (Å²) in [5, 5.41) is 2.81. The van der Waals surface area contributed by atoms with Crippen molar-refractivity contribution in [2.24, 2.45) is 0 Å². The standard InChI is InChI=1S/C23H26F4N4O6S/c1-12-20(30-19-5-4-17(8-18(19)24)38(3,33)34)28-11-29-21(12)37-16-6-14-9-35-10-15(7-16)31(14)22(32)36-13(2)23(25,26)27/h4-5,8,11,13-16H,6-7,9-10H2,1-3H3,(H,28,29,30). The second-order valence-electron chi connectivity index (χ2n) is 9.22. The molecule has 0 radical (unpaired) electrons. The van der Waals surface area contributed by atoms with Crippen molar-refractivity contribution in [3.63, 3.8) is 0 Å². The Labute approximate surface area is 216 Å². The number of aromatic nitrogens is 2. The molecule has 1 N–H and O–H groups in total. The lowest BCUT2D eigenvalue weighted by Gasteiger charge is -2.47. The van der Waals surface area contributed by atoms with Gasteiger partial charge in [0.2, 0.25) is 5.88 Å². The van der Waals surface area contributed by atoms with Gasteiger partial charge in [-0.25, -0.2) is 27.6 Å². The first kappa shape index (κ1) is 27.8. The van der Waals surface area contributed by atoms with E-state index in [9.17, 15) is 30.8 Å². The highest BCUT2D eigenvalue weighted by molar-refractivity contribution is 7.90. The second-order valence-corrected chi connectivity index (χ2v) is 11.2. The summed E-state index contributed by atoms with van der Waals surface area (Å²) in [5.41, 5.74) is 0.443. The SMILES string of the molecule is Cc1c(Nc2ccc(S(C)(=O)=O)cc2F)ncnc1OC1CC2COCC(C1)N2C(=O)OC(C)C(F)(F)F. The Balaban J connectivity index is 1.46. The zero-order chi connectivity index (χ0) is 27.8. The summed E-state index contributed by atoms with van der Waals surface area (Å²) in [7, 11) is -3.58. The van der Waals surface area contributed by atoms with E-state index in [-0.39, 0.29) is 48.3 Å². The molecule has 3 atom stereocenters. The monoisotopic (exact) mass is 562 g/mol. The number of amides is 1. The molecule has 1 aromatic heterocycles. The molecule has 1 aromatic carbocycles. The minimum absolute atomic E-state index is 0.00302. The van der Waals surface area contributed by atoms with Gasteiger partial charge < -0.3 is 19.5 Å². The number of fused-ring (bicyclic) bond motifs is 2. The van der Waals surface area contributed by atoms with Crippen LogP contribution in [0.1, 0.15) is 25.3 Å². The molecule has 10 nitrogen and oxygen atoms in total. The van der Waals surface area contributed by atoms with Crippen LogP contribution in [0.25, 0.3) is 0 Å².